The van der Waals surface area contributed by atoms with Crippen LogP contribution in [0.4, 0.5) is 0 Å². The van der Waals surface area contributed by atoms with Crippen molar-refractivity contribution in [2.45, 2.75) is 172 Å². The Morgan fingerprint density at radius 1 is 0.235 bits per heavy atom. The van der Waals surface area contributed by atoms with Crippen molar-refractivity contribution < 1.29 is 103 Å². The van der Waals surface area contributed by atoms with Crippen LogP contribution in [0.3, 0.4) is 0 Å². The van der Waals surface area contributed by atoms with E-state index in [4.69, 9.17) is 0 Å². The molecular formula is C66H81I3O9S3. The number of halogens is 3. The molecule has 0 saturated carbocycles. The summed E-state index contributed by atoms with van der Waals surface area (Å²) in [7, 11) is -15.7. The van der Waals surface area contributed by atoms with Crippen LogP contribution < -0.4 is 63.6 Å². The Bertz CT molecular complexity index is 2950. The summed E-state index contributed by atoms with van der Waals surface area (Å²) in [5.41, 5.74) is 9.94. The molecule has 7 aromatic rings. The molecular weight excluding hydrogens is 1410 g/mol. The molecule has 0 atom stereocenters. The maximum atomic E-state index is 10.6. The number of rotatable bonds is 9. The van der Waals surface area contributed by atoms with Gasteiger partial charge in [0.15, 0.2) is 21.4 Å². The highest BCUT2D eigenvalue weighted by Gasteiger charge is 2.24. The molecule has 438 valence electrons. The fourth-order valence-electron chi connectivity index (χ4n) is 7.43. The summed E-state index contributed by atoms with van der Waals surface area (Å²) in [6.45, 7) is 40.8. The Morgan fingerprint density at radius 3 is 0.432 bits per heavy atom. The quantitative estimate of drug-likeness (QED) is 0.131. The fraction of sp³-hybridized carbons (Fsp3) is 0.364. The predicted molar refractivity (Wildman–Crippen MR) is 313 cm³/mol. The summed E-state index contributed by atoms with van der Waals surface area (Å²) in [4.78, 5) is -3.89. The second kappa shape index (κ2) is 27.7. The van der Waals surface area contributed by atoms with Crippen LogP contribution in [0.2, 0.25) is 0 Å². The first-order chi connectivity index (χ1) is 36.8. The molecule has 0 amide bonds. The monoisotopic (exact) mass is 1490 g/mol. The Hall–Kier alpha value is -3.54. The standard InChI is InChI=1S/3C20H26I.C6H6O9S3/c3*1-19(2,3)15-7-11-17(12-8-15)21-18-13-9-16(10-14-18)20(4,5)6;7-16(8,9)4-1-5(17(10,11)12)3-6(2-4)18(13,14)15/h3*7-14H,1-6H3;1-3H,(H,7,8,9)(H,10,11,12)(H,13,14,15)/q3*+1;/p-3. The molecule has 0 aliphatic carbocycles. The van der Waals surface area contributed by atoms with Gasteiger partial charge < -0.3 is 13.7 Å². The van der Waals surface area contributed by atoms with Gasteiger partial charge in [0.1, 0.15) is 30.4 Å². The molecule has 81 heavy (non-hydrogen) atoms. The van der Waals surface area contributed by atoms with Crippen molar-refractivity contribution in [1.82, 2.24) is 0 Å². The van der Waals surface area contributed by atoms with E-state index in [0.29, 0.717) is 0 Å². The average Bonchev–Trinajstić information content (AvgIpc) is 3.33. The van der Waals surface area contributed by atoms with E-state index < -0.39 is 45.0 Å². The molecule has 0 saturated heterocycles. The van der Waals surface area contributed by atoms with E-state index in [9.17, 15) is 38.9 Å². The van der Waals surface area contributed by atoms with Crippen LogP contribution in [0, 0.1) is 21.4 Å². The minimum Gasteiger partial charge on any atom is -0.744 e. The Kier molecular flexibility index (Phi) is 23.9. The van der Waals surface area contributed by atoms with E-state index in [1.807, 2.05) is 0 Å². The molecule has 0 unspecified atom stereocenters. The van der Waals surface area contributed by atoms with Gasteiger partial charge in [0, 0.05) is 0 Å². The van der Waals surface area contributed by atoms with Crippen LogP contribution in [0.25, 0.3) is 0 Å². The summed E-state index contributed by atoms with van der Waals surface area (Å²) in [6.07, 6.45) is 0. The lowest BCUT2D eigenvalue weighted by Crippen LogP contribution is -3.61. The molecule has 0 aromatic heterocycles. The zero-order valence-corrected chi connectivity index (χ0v) is 59.0. The topological polar surface area (TPSA) is 172 Å². The van der Waals surface area contributed by atoms with Gasteiger partial charge in [-0.3, -0.25) is 0 Å². The maximum absolute atomic E-state index is 10.6. The first-order valence-corrected chi connectivity index (χ1v) is 37.1. The van der Waals surface area contributed by atoms with E-state index in [0.717, 1.165) is 0 Å². The fourth-order valence-corrected chi connectivity index (χ4v) is 15.8. The summed E-state index contributed by atoms with van der Waals surface area (Å²) in [5.74, 6) is 0. The van der Waals surface area contributed by atoms with Crippen molar-refractivity contribution in [1.29, 1.82) is 0 Å². The third-order valence-corrected chi connectivity index (χ3v) is 23.1. The van der Waals surface area contributed by atoms with Gasteiger partial charge in [0.25, 0.3) is 0 Å². The Morgan fingerprint density at radius 2 is 0.346 bits per heavy atom. The predicted octanol–water partition coefficient (Wildman–Crippen LogP) is 5.63. The van der Waals surface area contributed by atoms with Gasteiger partial charge in [0.2, 0.25) is 0 Å². The second-order valence-corrected chi connectivity index (χ2v) is 39.1. The number of hydrogen-bond donors (Lipinski definition) is 0. The molecule has 0 N–H and O–H groups in total. The van der Waals surface area contributed by atoms with Crippen molar-refractivity contribution in [3.05, 3.63) is 219 Å². The van der Waals surface area contributed by atoms with Gasteiger partial charge in [-0.15, -0.1) is 0 Å². The van der Waals surface area contributed by atoms with E-state index in [1.54, 1.807) is 0 Å². The lowest BCUT2D eigenvalue weighted by atomic mass is 9.87. The molecule has 0 aliphatic heterocycles. The summed E-state index contributed by atoms with van der Waals surface area (Å²) < 4.78 is 105. The normalized spacial score (nSPS) is 12.7. The van der Waals surface area contributed by atoms with Crippen LogP contribution in [0.5, 0.6) is 0 Å². The first kappa shape index (κ1) is 69.9. The molecule has 7 rings (SSSR count). The van der Waals surface area contributed by atoms with Crippen LogP contribution in [0.1, 0.15) is 158 Å². The number of benzene rings is 7. The largest absolute Gasteiger partial charge is 0.744 e. The van der Waals surface area contributed by atoms with Gasteiger partial charge in [-0.1, -0.05) is 197 Å². The SMILES string of the molecule is CC(C)(C)c1ccc([I+]c2ccc(C(C)(C)C)cc2)cc1.CC(C)(C)c1ccc([I+]c2ccc(C(C)(C)C)cc2)cc1.CC(C)(C)c1ccc([I+]c2ccc(C(C)(C)C)cc2)cc1.O=S(=O)([O-])c1cc(S(=O)(=O)[O-])cc(S(=O)(=O)[O-])c1. The lowest BCUT2D eigenvalue weighted by molar-refractivity contribution is -0.597. The van der Waals surface area contributed by atoms with E-state index in [-0.39, 0.29) is 114 Å². The van der Waals surface area contributed by atoms with Crippen LogP contribution in [0.15, 0.2) is 178 Å². The van der Waals surface area contributed by atoms with E-state index >= 15 is 0 Å². The second-order valence-electron chi connectivity index (χ2n) is 25.8. The zero-order chi connectivity index (χ0) is 61.4. The van der Waals surface area contributed by atoms with Gasteiger partial charge in [0.05, 0.1) is 14.7 Å². The summed E-state index contributed by atoms with van der Waals surface area (Å²) in [6, 6.07) is 55.8. The average molecular weight is 1500 g/mol. The first-order valence-electron chi connectivity index (χ1n) is 26.4. The lowest BCUT2D eigenvalue weighted by Gasteiger charge is -2.18. The van der Waals surface area contributed by atoms with Crippen molar-refractivity contribution in [3.63, 3.8) is 0 Å². The molecule has 9 nitrogen and oxygen atoms in total. The molecule has 15 heteroatoms. The molecule has 0 bridgehead atoms. The van der Waals surface area contributed by atoms with Gasteiger partial charge >= 0.3 is 63.6 Å². The van der Waals surface area contributed by atoms with E-state index in [2.05, 4.69) is 270 Å². The Balaban J connectivity index is 0.000000233. The van der Waals surface area contributed by atoms with Gasteiger partial charge in [-0.2, -0.15) is 0 Å². The number of hydrogen-bond acceptors (Lipinski definition) is 9. The zero-order valence-electron chi connectivity index (χ0n) is 50.1. The van der Waals surface area contributed by atoms with Gasteiger partial charge in [-0.05, 0) is 157 Å². The molecule has 0 spiro atoms. The Labute approximate surface area is 518 Å². The van der Waals surface area contributed by atoms with E-state index in [1.165, 1.54) is 54.8 Å². The highest BCUT2D eigenvalue weighted by molar-refractivity contribution is 7.87. The minimum atomic E-state index is -5.23. The van der Waals surface area contributed by atoms with Crippen molar-refractivity contribution in [2.24, 2.45) is 0 Å². The third kappa shape index (κ3) is 23.4. The molecule has 0 fully saturated rings. The summed E-state index contributed by atoms with van der Waals surface area (Å²) in [5, 5.41) is 0. The van der Waals surface area contributed by atoms with Crippen molar-refractivity contribution >= 4 is 30.4 Å². The molecule has 0 aliphatic rings. The molecule has 0 heterocycles. The smallest absolute Gasteiger partial charge is 0.357 e. The third-order valence-electron chi connectivity index (χ3n) is 12.6. The van der Waals surface area contributed by atoms with Crippen molar-refractivity contribution in [2.75, 3.05) is 0 Å². The van der Waals surface area contributed by atoms with Gasteiger partial charge in [-0.25, -0.2) is 25.3 Å². The minimum absolute atomic E-state index is 0.0703. The van der Waals surface area contributed by atoms with Crippen LogP contribution in [-0.4, -0.2) is 38.9 Å². The van der Waals surface area contributed by atoms with Crippen LogP contribution >= 0.6 is 0 Å². The maximum Gasteiger partial charge on any atom is 0.357 e. The van der Waals surface area contributed by atoms with Crippen molar-refractivity contribution in [3.8, 4) is 0 Å². The highest BCUT2D eigenvalue weighted by Crippen LogP contribution is 2.26. The summed E-state index contributed by atoms with van der Waals surface area (Å²) >= 11 is -0.211. The molecule has 7 aromatic carbocycles. The molecule has 0 radical (unpaired) electrons. The van der Waals surface area contributed by atoms with Crippen LogP contribution in [-0.2, 0) is 62.8 Å². The highest BCUT2D eigenvalue weighted by atomic mass is 127.